The van der Waals surface area contributed by atoms with E-state index in [2.05, 4.69) is 35.7 Å². The van der Waals surface area contributed by atoms with Crippen molar-refractivity contribution >= 4 is 11.8 Å². The molecule has 4 heterocycles. The smallest absolute Gasteiger partial charge is 0.271 e. The van der Waals surface area contributed by atoms with E-state index >= 15 is 0 Å². The van der Waals surface area contributed by atoms with Gasteiger partial charge in [0, 0.05) is 49.9 Å². The van der Waals surface area contributed by atoms with Crippen molar-refractivity contribution in [3.63, 3.8) is 0 Å². The lowest BCUT2D eigenvalue weighted by molar-refractivity contribution is -0.129. The second-order valence-corrected chi connectivity index (χ2v) is 7.62. The second kappa shape index (κ2) is 6.93. The maximum Gasteiger partial charge on any atom is 0.271 e. The summed E-state index contributed by atoms with van der Waals surface area (Å²) >= 11 is 0. The lowest BCUT2D eigenvalue weighted by Crippen LogP contribution is -2.58. The number of fused-ring (bicyclic) bond motifs is 1. The highest BCUT2D eigenvalue weighted by molar-refractivity contribution is 5.92. The second-order valence-electron chi connectivity index (χ2n) is 7.62. The van der Waals surface area contributed by atoms with E-state index in [4.69, 9.17) is 4.42 Å². The van der Waals surface area contributed by atoms with Gasteiger partial charge in [0.1, 0.15) is 5.69 Å². The average molecular weight is 383 g/mol. The Kier molecular flexibility index (Phi) is 4.27. The molecule has 3 atom stereocenters. The van der Waals surface area contributed by atoms with Gasteiger partial charge in [-0.25, -0.2) is 4.98 Å². The Labute approximate surface area is 161 Å². The molecule has 2 aliphatic heterocycles. The van der Waals surface area contributed by atoms with Crippen LogP contribution < -0.4 is 10.6 Å². The Morgan fingerprint density at radius 3 is 3.00 bits per heavy atom. The molecule has 3 fully saturated rings. The number of hydrogen-bond donors (Lipinski definition) is 2. The van der Waals surface area contributed by atoms with Crippen LogP contribution in [0, 0.1) is 0 Å². The quantitative estimate of drug-likeness (QED) is 0.718. The van der Waals surface area contributed by atoms with Gasteiger partial charge in [0.25, 0.3) is 5.91 Å². The predicted octanol–water partition coefficient (Wildman–Crippen LogP) is -0.349. The predicted molar refractivity (Wildman–Crippen MR) is 95.2 cm³/mol. The standard InChI is InChI=1S/C18H21N7O3/c26-16(13-8-19-3-4-20-13)22-11-5-14-17(27)21-7-12(25(14)9-11)6-15-23-24-18(28-15)10-1-2-10/h3-4,8,10-12,14H,1-2,5-7,9H2,(H,21,27)(H,22,26)/t11-,12+,14-/m0/s1. The molecule has 146 valence electrons. The number of amides is 2. The molecule has 5 rings (SSSR count). The molecule has 2 amide bonds. The SMILES string of the molecule is O=C(N[C@H]1C[C@H]2C(=O)NC[C@@H](Cc3nnc(C4CC4)o3)N2C1)c1cnccn1. The van der Waals surface area contributed by atoms with Crippen molar-refractivity contribution in [2.45, 2.75) is 49.7 Å². The number of carbonyl (C=O) groups is 2. The normalized spacial score (nSPS) is 27.3. The van der Waals surface area contributed by atoms with Crippen molar-refractivity contribution < 1.29 is 14.0 Å². The van der Waals surface area contributed by atoms with Gasteiger partial charge in [0.15, 0.2) is 0 Å². The van der Waals surface area contributed by atoms with Gasteiger partial charge in [-0.15, -0.1) is 10.2 Å². The van der Waals surface area contributed by atoms with Crippen molar-refractivity contribution in [2.75, 3.05) is 13.1 Å². The van der Waals surface area contributed by atoms with Gasteiger partial charge in [-0.05, 0) is 19.3 Å². The fraction of sp³-hybridized carbons (Fsp3) is 0.556. The van der Waals surface area contributed by atoms with Crippen molar-refractivity contribution in [1.29, 1.82) is 0 Å². The van der Waals surface area contributed by atoms with Crippen LogP contribution in [0.2, 0.25) is 0 Å². The molecule has 2 saturated heterocycles. The summed E-state index contributed by atoms with van der Waals surface area (Å²) in [5, 5.41) is 14.2. The van der Waals surface area contributed by atoms with Crippen molar-refractivity contribution in [3.8, 4) is 0 Å². The fourth-order valence-corrected chi connectivity index (χ4v) is 3.99. The van der Waals surface area contributed by atoms with E-state index in [0.29, 0.717) is 37.7 Å². The Balaban J connectivity index is 1.25. The molecule has 2 aromatic heterocycles. The zero-order valence-corrected chi connectivity index (χ0v) is 15.2. The Hall–Kier alpha value is -2.88. The number of aromatic nitrogens is 4. The molecule has 0 spiro atoms. The molecule has 2 aromatic rings. The summed E-state index contributed by atoms with van der Waals surface area (Å²) in [7, 11) is 0. The molecule has 1 aliphatic carbocycles. The largest absolute Gasteiger partial charge is 0.425 e. The monoisotopic (exact) mass is 383 g/mol. The number of piperazine rings is 1. The van der Waals surface area contributed by atoms with Crippen LogP contribution in [0.15, 0.2) is 23.0 Å². The highest BCUT2D eigenvalue weighted by Crippen LogP contribution is 2.39. The zero-order valence-electron chi connectivity index (χ0n) is 15.2. The van der Waals surface area contributed by atoms with E-state index in [1.165, 1.54) is 18.6 Å². The van der Waals surface area contributed by atoms with Crippen LogP contribution in [0.5, 0.6) is 0 Å². The Morgan fingerprint density at radius 2 is 2.21 bits per heavy atom. The Morgan fingerprint density at radius 1 is 1.32 bits per heavy atom. The minimum absolute atomic E-state index is 0.00306. The van der Waals surface area contributed by atoms with E-state index in [0.717, 1.165) is 18.7 Å². The number of rotatable bonds is 5. The molecule has 0 aromatic carbocycles. The van der Waals surface area contributed by atoms with Crippen LogP contribution in [0.25, 0.3) is 0 Å². The first kappa shape index (κ1) is 17.2. The lowest BCUT2D eigenvalue weighted by Gasteiger charge is -2.36. The summed E-state index contributed by atoms with van der Waals surface area (Å²) in [6, 6.07) is -0.332. The first-order valence-electron chi connectivity index (χ1n) is 9.60. The number of carbonyl (C=O) groups excluding carboxylic acids is 2. The third-order valence-electron chi connectivity index (χ3n) is 5.57. The summed E-state index contributed by atoms with van der Waals surface area (Å²) in [6.45, 7) is 1.12. The van der Waals surface area contributed by atoms with Crippen LogP contribution in [0.4, 0.5) is 0 Å². The van der Waals surface area contributed by atoms with Crippen LogP contribution >= 0.6 is 0 Å². The van der Waals surface area contributed by atoms with Gasteiger partial charge in [-0.1, -0.05) is 0 Å². The van der Waals surface area contributed by atoms with Gasteiger partial charge in [-0.2, -0.15) is 0 Å². The first-order chi connectivity index (χ1) is 13.7. The number of nitrogens with one attached hydrogen (secondary N) is 2. The third kappa shape index (κ3) is 3.35. The van der Waals surface area contributed by atoms with Crippen LogP contribution in [-0.2, 0) is 11.2 Å². The summed E-state index contributed by atoms with van der Waals surface area (Å²) < 4.78 is 5.79. The van der Waals surface area contributed by atoms with Crippen LogP contribution in [0.1, 0.15) is 47.5 Å². The minimum Gasteiger partial charge on any atom is -0.425 e. The summed E-state index contributed by atoms with van der Waals surface area (Å²) in [5.41, 5.74) is 0.270. The highest BCUT2D eigenvalue weighted by Gasteiger charge is 2.44. The molecular formula is C18H21N7O3. The topological polar surface area (TPSA) is 126 Å². The van der Waals surface area contributed by atoms with Crippen molar-refractivity contribution in [3.05, 3.63) is 36.1 Å². The summed E-state index contributed by atoms with van der Waals surface area (Å²) in [4.78, 5) is 34.8. The van der Waals surface area contributed by atoms with Gasteiger partial charge >= 0.3 is 0 Å². The maximum absolute atomic E-state index is 12.4. The van der Waals surface area contributed by atoms with Gasteiger partial charge in [0.2, 0.25) is 17.7 Å². The Bertz CT molecular complexity index is 882. The molecular weight excluding hydrogens is 362 g/mol. The molecule has 0 radical (unpaired) electrons. The minimum atomic E-state index is -0.277. The average Bonchev–Trinajstić information content (AvgIpc) is 3.30. The summed E-state index contributed by atoms with van der Waals surface area (Å²) in [5.74, 6) is 1.47. The highest BCUT2D eigenvalue weighted by atomic mass is 16.4. The van der Waals surface area contributed by atoms with E-state index in [9.17, 15) is 9.59 Å². The van der Waals surface area contributed by atoms with Crippen LogP contribution in [0.3, 0.4) is 0 Å². The molecule has 28 heavy (non-hydrogen) atoms. The van der Waals surface area contributed by atoms with Crippen LogP contribution in [-0.4, -0.2) is 68.1 Å². The van der Waals surface area contributed by atoms with Crippen molar-refractivity contribution in [1.82, 2.24) is 35.7 Å². The zero-order chi connectivity index (χ0) is 19.1. The third-order valence-corrected chi connectivity index (χ3v) is 5.57. The molecule has 10 heteroatoms. The molecule has 3 aliphatic rings. The van der Waals surface area contributed by atoms with E-state index in [-0.39, 0.29) is 35.6 Å². The number of hydrogen-bond acceptors (Lipinski definition) is 8. The fourth-order valence-electron chi connectivity index (χ4n) is 3.99. The first-order valence-corrected chi connectivity index (χ1v) is 9.60. The van der Waals surface area contributed by atoms with E-state index in [1.807, 2.05) is 0 Å². The summed E-state index contributed by atoms with van der Waals surface area (Å²) in [6.07, 6.45) is 7.81. The van der Waals surface area contributed by atoms with E-state index in [1.54, 1.807) is 0 Å². The van der Waals surface area contributed by atoms with Gasteiger partial charge < -0.3 is 15.1 Å². The van der Waals surface area contributed by atoms with Crippen molar-refractivity contribution in [2.24, 2.45) is 0 Å². The molecule has 1 saturated carbocycles. The molecule has 10 nitrogen and oxygen atoms in total. The van der Waals surface area contributed by atoms with E-state index < -0.39 is 0 Å². The number of nitrogens with zero attached hydrogens (tertiary/aromatic N) is 5. The van der Waals surface area contributed by atoms with Gasteiger partial charge in [-0.3, -0.25) is 19.5 Å². The maximum atomic E-state index is 12.4. The molecule has 2 N–H and O–H groups in total. The molecule has 0 bridgehead atoms. The lowest BCUT2D eigenvalue weighted by atomic mass is 10.1. The molecule has 0 unspecified atom stereocenters. The van der Waals surface area contributed by atoms with Gasteiger partial charge in [0.05, 0.1) is 12.2 Å².